The van der Waals surface area contributed by atoms with Gasteiger partial charge >= 0.3 is 6.03 Å². The summed E-state index contributed by atoms with van der Waals surface area (Å²) in [6, 6.07) is 11.1. The van der Waals surface area contributed by atoms with E-state index in [4.69, 9.17) is 14.0 Å². The molecule has 2 aliphatic heterocycles. The highest BCUT2D eigenvalue weighted by Crippen LogP contribution is 2.45. The molecule has 2 N–H and O–H groups in total. The van der Waals surface area contributed by atoms with Crippen LogP contribution in [0.5, 0.6) is 0 Å². The predicted molar refractivity (Wildman–Crippen MR) is 158 cm³/mol. The maximum Gasteiger partial charge on any atom is 0.317 e. The van der Waals surface area contributed by atoms with E-state index in [1.165, 1.54) is 22.6 Å². The topological polar surface area (TPSA) is 140 Å². The third kappa shape index (κ3) is 6.69. The molecular weight excluding hydrogens is 580 g/mol. The average molecular weight is 617 g/mol. The number of hydroxylamine groups is 1. The standard InChI is InChI=1S/C29H36N4O7S2/c1-2-13-31-28(35)33-14-12-29(42(36,37)17-15-33,18-26(34)32-40-27-5-3-4-16-38-27)25-11-10-24(41-25)22-8-6-21(7-9-22)23-19-30-20-39-23/h6-11,19-20,27H,2-5,12-18H2,1H3,(H,31,35)(H,32,34). The van der Waals surface area contributed by atoms with Crippen molar-refractivity contribution in [3.05, 3.63) is 53.9 Å². The molecular formula is C29H36N4O7S2. The molecule has 42 heavy (non-hydrogen) atoms. The number of oxazole rings is 1. The Kier molecular flexibility index (Phi) is 9.61. The Morgan fingerprint density at radius 2 is 1.95 bits per heavy atom. The van der Waals surface area contributed by atoms with Crippen LogP contribution in [0.3, 0.4) is 0 Å². The van der Waals surface area contributed by atoms with Crippen LogP contribution in [-0.4, -0.2) is 68.5 Å². The number of benzene rings is 1. The molecule has 2 aliphatic rings. The number of hydrogen-bond donors (Lipinski definition) is 2. The lowest BCUT2D eigenvalue weighted by Gasteiger charge is -2.31. The van der Waals surface area contributed by atoms with Gasteiger partial charge < -0.3 is 19.4 Å². The molecule has 3 amide bonds. The smallest absolute Gasteiger partial charge is 0.317 e. The summed E-state index contributed by atoms with van der Waals surface area (Å²) in [6.45, 7) is 3.24. The van der Waals surface area contributed by atoms with E-state index in [0.29, 0.717) is 30.2 Å². The van der Waals surface area contributed by atoms with Gasteiger partial charge in [-0.1, -0.05) is 31.2 Å². The number of sulfone groups is 1. The summed E-state index contributed by atoms with van der Waals surface area (Å²) >= 11 is 1.34. The molecule has 11 nitrogen and oxygen atoms in total. The predicted octanol–water partition coefficient (Wildman–Crippen LogP) is 4.47. The van der Waals surface area contributed by atoms with Crippen molar-refractivity contribution >= 4 is 33.1 Å². The monoisotopic (exact) mass is 616 g/mol. The molecule has 0 bridgehead atoms. The minimum atomic E-state index is -3.88. The molecule has 4 heterocycles. The van der Waals surface area contributed by atoms with E-state index in [1.807, 2.05) is 37.3 Å². The molecule has 0 aliphatic carbocycles. The molecule has 226 valence electrons. The molecule has 2 fully saturated rings. The van der Waals surface area contributed by atoms with Gasteiger partial charge in [-0.3, -0.25) is 4.79 Å². The molecule has 2 saturated heterocycles. The quantitative estimate of drug-likeness (QED) is 0.336. The molecule has 2 atom stereocenters. The van der Waals surface area contributed by atoms with E-state index < -0.39 is 26.8 Å². The number of carbonyl (C=O) groups excluding carboxylic acids is 2. The van der Waals surface area contributed by atoms with Crippen molar-refractivity contribution in [1.82, 2.24) is 20.7 Å². The SMILES string of the molecule is CCCNC(=O)N1CCC(CC(=O)NOC2CCCCO2)(c2ccc(-c3ccc(-c4cnco4)cc3)s2)S(=O)(=O)CC1. The maximum absolute atomic E-state index is 14.1. The van der Waals surface area contributed by atoms with Crippen molar-refractivity contribution < 1.29 is 32.0 Å². The van der Waals surface area contributed by atoms with Gasteiger partial charge in [0.15, 0.2) is 28.3 Å². The van der Waals surface area contributed by atoms with Crippen LogP contribution < -0.4 is 10.8 Å². The summed E-state index contributed by atoms with van der Waals surface area (Å²) in [5, 5.41) is 2.83. The van der Waals surface area contributed by atoms with E-state index in [1.54, 1.807) is 12.3 Å². The number of ether oxygens (including phenoxy) is 1. The lowest BCUT2D eigenvalue weighted by Crippen LogP contribution is -2.43. The van der Waals surface area contributed by atoms with Crippen LogP contribution in [0.1, 0.15) is 50.3 Å². The first kappa shape index (κ1) is 30.2. The molecule has 0 spiro atoms. The third-order valence-corrected chi connectivity index (χ3v) is 11.6. The second-order valence-electron chi connectivity index (χ2n) is 10.5. The fourth-order valence-electron chi connectivity index (χ4n) is 5.24. The summed E-state index contributed by atoms with van der Waals surface area (Å²) in [5.74, 6) is -0.162. The van der Waals surface area contributed by atoms with Crippen molar-refractivity contribution in [3.8, 4) is 21.8 Å². The summed E-state index contributed by atoms with van der Waals surface area (Å²) in [5.41, 5.74) is 4.21. The van der Waals surface area contributed by atoms with Gasteiger partial charge in [0.05, 0.1) is 18.4 Å². The van der Waals surface area contributed by atoms with Crippen molar-refractivity contribution in [2.45, 2.75) is 56.5 Å². The second kappa shape index (κ2) is 13.4. The fraction of sp³-hybridized carbons (Fsp3) is 0.483. The van der Waals surface area contributed by atoms with Gasteiger partial charge in [0, 0.05) is 48.0 Å². The van der Waals surface area contributed by atoms with Crippen molar-refractivity contribution in [2.75, 3.05) is 32.0 Å². The zero-order valence-corrected chi connectivity index (χ0v) is 25.2. The van der Waals surface area contributed by atoms with Crippen LogP contribution >= 0.6 is 11.3 Å². The molecule has 5 rings (SSSR count). The van der Waals surface area contributed by atoms with E-state index in [-0.39, 0.29) is 37.7 Å². The van der Waals surface area contributed by atoms with E-state index in [2.05, 4.69) is 15.8 Å². The van der Waals surface area contributed by atoms with Crippen molar-refractivity contribution in [2.24, 2.45) is 0 Å². The highest BCUT2D eigenvalue weighted by molar-refractivity contribution is 7.92. The third-order valence-electron chi connectivity index (χ3n) is 7.65. The highest BCUT2D eigenvalue weighted by atomic mass is 32.2. The van der Waals surface area contributed by atoms with Crippen LogP contribution in [0, 0.1) is 0 Å². The van der Waals surface area contributed by atoms with Gasteiger partial charge in [0.2, 0.25) is 5.91 Å². The van der Waals surface area contributed by atoms with Crippen LogP contribution in [0.2, 0.25) is 0 Å². The van der Waals surface area contributed by atoms with Gasteiger partial charge in [-0.15, -0.1) is 11.3 Å². The largest absolute Gasteiger partial charge is 0.444 e. The number of urea groups is 1. The average Bonchev–Trinajstić information content (AvgIpc) is 3.70. The van der Waals surface area contributed by atoms with Gasteiger partial charge in [-0.25, -0.2) is 28.5 Å². The number of hydrogen-bond acceptors (Lipinski definition) is 9. The highest BCUT2D eigenvalue weighted by Gasteiger charge is 2.50. The van der Waals surface area contributed by atoms with E-state index in [9.17, 15) is 18.0 Å². The maximum atomic E-state index is 14.1. The first-order chi connectivity index (χ1) is 20.3. The van der Waals surface area contributed by atoms with Crippen LogP contribution in [0.25, 0.3) is 21.8 Å². The van der Waals surface area contributed by atoms with Crippen molar-refractivity contribution in [3.63, 3.8) is 0 Å². The summed E-state index contributed by atoms with van der Waals surface area (Å²) < 4.78 is 37.5. The van der Waals surface area contributed by atoms with E-state index in [0.717, 1.165) is 35.3 Å². The first-order valence-electron chi connectivity index (χ1n) is 14.2. The van der Waals surface area contributed by atoms with Gasteiger partial charge in [-0.2, -0.15) is 0 Å². The number of rotatable bonds is 9. The Bertz CT molecular complexity index is 1450. The zero-order chi connectivity index (χ0) is 29.6. The Balaban J connectivity index is 1.42. The molecule has 2 unspecified atom stereocenters. The Hall–Kier alpha value is -3.26. The molecule has 3 aromatic rings. The molecule has 1 aromatic carbocycles. The lowest BCUT2D eigenvalue weighted by molar-refractivity contribution is -0.200. The number of amides is 3. The summed E-state index contributed by atoms with van der Waals surface area (Å²) in [4.78, 5) is 38.4. The van der Waals surface area contributed by atoms with Gasteiger partial charge in [0.1, 0.15) is 4.75 Å². The number of carbonyl (C=O) groups is 2. The normalized spacial score (nSPS) is 22.3. The summed E-state index contributed by atoms with van der Waals surface area (Å²) in [7, 11) is -3.88. The van der Waals surface area contributed by atoms with Crippen molar-refractivity contribution in [1.29, 1.82) is 0 Å². The molecule has 13 heteroatoms. The Morgan fingerprint density at radius 1 is 1.14 bits per heavy atom. The summed E-state index contributed by atoms with van der Waals surface area (Å²) in [6.07, 6.45) is 5.46. The number of nitrogens with one attached hydrogen (secondary N) is 2. The van der Waals surface area contributed by atoms with Crippen LogP contribution in [0.4, 0.5) is 4.79 Å². The number of nitrogens with zero attached hydrogens (tertiary/aromatic N) is 2. The fourth-order valence-corrected chi connectivity index (χ4v) is 8.85. The minimum Gasteiger partial charge on any atom is -0.444 e. The molecule has 0 saturated carbocycles. The van der Waals surface area contributed by atoms with Crippen LogP contribution in [0.15, 0.2) is 53.4 Å². The van der Waals surface area contributed by atoms with Crippen LogP contribution in [-0.2, 0) is 29.0 Å². The molecule has 0 radical (unpaired) electrons. The van der Waals surface area contributed by atoms with Gasteiger partial charge in [0.25, 0.3) is 0 Å². The number of aromatic nitrogens is 1. The zero-order valence-electron chi connectivity index (χ0n) is 23.5. The lowest BCUT2D eigenvalue weighted by atomic mass is 9.97. The Morgan fingerprint density at radius 3 is 2.67 bits per heavy atom. The number of thiophene rings is 1. The first-order valence-corrected chi connectivity index (χ1v) is 16.7. The van der Waals surface area contributed by atoms with E-state index >= 15 is 0 Å². The molecule has 2 aromatic heterocycles. The second-order valence-corrected chi connectivity index (χ2v) is 14.0. The van der Waals surface area contributed by atoms with Gasteiger partial charge in [-0.05, 0) is 43.4 Å². The Labute approximate surface area is 249 Å². The minimum absolute atomic E-state index is 0.0506.